The van der Waals surface area contributed by atoms with Crippen molar-refractivity contribution in [3.8, 4) is 0 Å². The average molecular weight is 272 g/mol. The predicted molar refractivity (Wildman–Crippen MR) is 83.6 cm³/mol. The molecule has 0 aliphatic rings. The lowest BCUT2D eigenvalue weighted by atomic mass is 9.96. The van der Waals surface area contributed by atoms with Gasteiger partial charge in [0, 0.05) is 13.3 Å². The first-order valence-corrected chi connectivity index (χ1v) is 7.12. The second-order valence-corrected chi connectivity index (χ2v) is 4.85. The third kappa shape index (κ3) is 5.04. The summed E-state index contributed by atoms with van der Waals surface area (Å²) in [5.74, 6) is -0.233. The summed E-state index contributed by atoms with van der Waals surface area (Å²) in [4.78, 5) is 11.4. The zero-order valence-electron chi connectivity index (χ0n) is 12.8. The molecule has 2 heteroatoms. The minimum absolute atomic E-state index is 0.185. The van der Waals surface area contributed by atoms with Crippen LogP contribution in [0.4, 0.5) is 0 Å². The van der Waals surface area contributed by atoms with Crippen molar-refractivity contribution in [2.45, 2.75) is 46.6 Å². The van der Waals surface area contributed by atoms with Crippen molar-refractivity contribution in [2.75, 3.05) is 0 Å². The number of hydrogen-bond donors (Lipinski definition) is 0. The monoisotopic (exact) mass is 272 g/mol. The molecule has 1 aromatic carbocycles. The van der Waals surface area contributed by atoms with Gasteiger partial charge in [0.25, 0.3) is 0 Å². The van der Waals surface area contributed by atoms with E-state index in [0.29, 0.717) is 0 Å². The van der Waals surface area contributed by atoms with Crippen molar-refractivity contribution in [1.82, 2.24) is 0 Å². The fourth-order valence-corrected chi connectivity index (χ4v) is 2.16. The lowest BCUT2D eigenvalue weighted by Gasteiger charge is -2.20. The van der Waals surface area contributed by atoms with Crippen molar-refractivity contribution < 1.29 is 9.53 Å². The summed E-state index contributed by atoms with van der Waals surface area (Å²) in [7, 11) is 0. The molecular weight excluding hydrogens is 248 g/mol. The Morgan fingerprint density at radius 1 is 1.35 bits per heavy atom. The van der Waals surface area contributed by atoms with Crippen LogP contribution in [0.2, 0.25) is 0 Å². The topological polar surface area (TPSA) is 26.3 Å². The highest BCUT2D eigenvalue weighted by Gasteiger charge is 2.17. The molecule has 0 N–H and O–H groups in total. The molecule has 20 heavy (non-hydrogen) atoms. The van der Waals surface area contributed by atoms with Gasteiger partial charge in [-0.25, -0.2) is 0 Å². The smallest absolute Gasteiger partial charge is 0.303 e. The minimum Gasteiger partial charge on any atom is -0.458 e. The molecule has 0 saturated heterocycles. The molecule has 0 radical (unpaired) electrons. The standard InChI is InChI=1S/C18H24O2/c1-5-7-11-16(6-2)18(20-15(4)19)13-17-12-9-8-10-14(17)3/h5,7-12,18H,6,13H2,1-4H3/b7-5-,16-11+. The number of esters is 1. The van der Waals surface area contributed by atoms with E-state index in [-0.39, 0.29) is 12.1 Å². The molecule has 0 saturated carbocycles. The Labute approximate surface area is 122 Å². The van der Waals surface area contributed by atoms with Crippen molar-refractivity contribution in [3.63, 3.8) is 0 Å². The van der Waals surface area contributed by atoms with E-state index in [4.69, 9.17) is 4.74 Å². The Morgan fingerprint density at radius 2 is 2.05 bits per heavy atom. The molecule has 0 aliphatic heterocycles. The summed E-state index contributed by atoms with van der Waals surface area (Å²) in [5, 5.41) is 0. The quantitative estimate of drug-likeness (QED) is 0.567. The van der Waals surface area contributed by atoms with Gasteiger partial charge in [-0.1, -0.05) is 49.4 Å². The molecule has 1 rings (SSSR count). The molecule has 0 bridgehead atoms. The molecule has 0 spiro atoms. The van der Waals surface area contributed by atoms with E-state index in [1.54, 1.807) is 0 Å². The Morgan fingerprint density at radius 3 is 2.60 bits per heavy atom. The van der Waals surface area contributed by atoms with E-state index in [1.165, 1.54) is 18.1 Å². The van der Waals surface area contributed by atoms with Gasteiger partial charge in [-0.3, -0.25) is 4.79 Å². The predicted octanol–water partition coefficient (Wildman–Crippen LogP) is 4.38. The summed E-state index contributed by atoms with van der Waals surface area (Å²) >= 11 is 0. The van der Waals surface area contributed by atoms with Crippen molar-refractivity contribution in [3.05, 3.63) is 59.2 Å². The number of carbonyl (C=O) groups excluding carboxylic acids is 1. The van der Waals surface area contributed by atoms with E-state index in [2.05, 4.69) is 26.0 Å². The zero-order chi connectivity index (χ0) is 15.0. The molecule has 0 aromatic heterocycles. The van der Waals surface area contributed by atoms with Crippen LogP contribution in [0.5, 0.6) is 0 Å². The lowest BCUT2D eigenvalue weighted by Crippen LogP contribution is -2.22. The molecular formula is C18H24O2. The van der Waals surface area contributed by atoms with Crippen LogP contribution in [0.15, 0.2) is 48.1 Å². The second kappa shape index (κ2) is 8.36. The van der Waals surface area contributed by atoms with Gasteiger partial charge in [-0.2, -0.15) is 0 Å². The molecule has 0 fully saturated rings. The van der Waals surface area contributed by atoms with Crippen molar-refractivity contribution in [2.24, 2.45) is 0 Å². The second-order valence-electron chi connectivity index (χ2n) is 4.85. The highest BCUT2D eigenvalue weighted by molar-refractivity contribution is 5.66. The van der Waals surface area contributed by atoms with E-state index in [1.807, 2.05) is 37.3 Å². The SMILES string of the molecule is C/C=C\C=C(/CC)C(Cc1ccccc1C)OC(C)=O. The number of hydrogen-bond acceptors (Lipinski definition) is 2. The van der Waals surface area contributed by atoms with Crippen LogP contribution in [0, 0.1) is 6.92 Å². The Hall–Kier alpha value is -1.83. The van der Waals surface area contributed by atoms with Crippen LogP contribution in [0.25, 0.3) is 0 Å². The highest BCUT2D eigenvalue weighted by Crippen LogP contribution is 2.19. The van der Waals surface area contributed by atoms with Gasteiger partial charge in [0.05, 0.1) is 0 Å². The van der Waals surface area contributed by atoms with Crippen LogP contribution in [0.3, 0.4) is 0 Å². The average Bonchev–Trinajstić information content (AvgIpc) is 2.41. The van der Waals surface area contributed by atoms with Crippen LogP contribution >= 0.6 is 0 Å². The number of allylic oxidation sites excluding steroid dienone is 3. The van der Waals surface area contributed by atoms with Gasteiger partial charge in [0.15, 0.2) is 0 Å². The largest absolute Gasteiger partial charge is 0.458 e. The Bertz CT molecular complexity index is 498. The van der Waals surface area contributed by atoms with Crippen LogP contribution in [-0.4, -0.2) is 12.1 Å². The number of rotatable bonds is 6. The summed E-state index contributed by atoms with van der Waals surface area (Å²) in [6.07, 6.45) is 7.43. The third-order valence-electron chi connectivity index (χ3n) is 3.30. The van der Waals surface area contributed by atoms with Crippen LogP contribution < -0.4 is 0 Å². The van der Waals surface area contributed by atoms with Gasteiger partial charge in [-0.15, -0.1) is 0 Å². The van der Waals surface area contributed by atoms with Crippen LogP contribution in [-0.2, 0) is 16.0 Å². The number of aryl methyl sites for hydroxylation is 1. The molecule has 1 atom stereocenters. The van der Waals surface area contributed by atoms with Gasteiger partial charge in [0.2, 0.25) is 0 Å². The maximum Gasteiger partial charge on any atom is 0.303 e. The Kier molecular flexibility index (Phi) is 6.78. The van der Waals surface area contributed by atoms with Crippen molar-refractivity contribution >= 4 is 5.97 Å². The molecule has 1 aromatic rings. The van der Waals surface area contributed by atoms with Crippen molar-refractivity contribution in [1.29, 1.82) is 0 Å². The summed E-state index contributed by atoms with van der Waals surface area (Å²) < 4.78 is 5.52. The van der Waals surface area contributed by atoms with Crippen LogP contribution in [0.1, 0.15) is 38.3 Å². The maximum atomic E-state index is 11.4. The van der Waals surface area contributed by atoms with E-state index >= 15 is 0 Å². The molecule has 108 valence electrons. The molecule has 2 nitrogen and oxygen atoms in total. The third-order valence-corrected chi connectivity index (χ3v) is 3.30. The first kappa shape index (κ1) is 16.2. The van der Waals surface area contributed by atoms with E-state index in [9.17, 15) is 4.79 Å². The van der Waals surface area contributed by atoms with Gasteiger partial charge < -0.3 is 4.74 Å². The van der Waals surface area contributed by atoms with E-state index < -0.39 is 0 Å². The van der Waals surface area contributed by atoms with E-state index in [0.717, 1.165) is 18.4 Å². The zero-order valence-corrected chi connectivity index (χ0v) is 12.8. The summed E-state index contributed by atoms with van der Waals surface area (Å²) in [6.45, 7) is 7.62. The number of carbonyl (C=O) groups is 1. The van der Waals surface area contributed by atoms with Gasteiger partial charge in [-0.05, 0) is 37.0 Å². The molecule has 0 heterocycles. The number of benzene rings is 1. The highest BCUT2D eigenvalue weighted by atomic mass is 16.5. The fraction of sp³-hybridized carbons (Fsp3) is 0.389. The molecule has 0 amide bonds. The molecule has 1 unspecified atom stereocenters. The molecule has 0 aliphatic carbocycles. The Balaban J connectivity index is 3.00. The first-order chi connectivity index (χ1) is 9.58. The van der Waals surface area contributed by atoms with Gasteiger partial charge in [0.1, 0.15) is 6.10 Å². The summed E-state index contributed by atoms with van der Waals surface area (Å²) in [6, 6.07) is 8.22. The maximum absolute atomic E-state index is 11.4. The summed E-state index contributed by atoms with van der Waals surface area (Å²) in [5.41, 5.74) is 3.59. The number of ether oxygens (including phenoxy) is 1. The lowest BCUT2D eigenvalue weighted by molar-refractivity contribution is -0.144. The van der Waals surface area contributed by atoms with Gasteiger partial charge >= 0.3 is 5.97 Å². The fourth-order valence-electron chi connectivity index (χ4n) is 2.16. The normalized spacial score (nSPS) is 13.5. The minimum atomic E-state index is -0.233. The first-order valence-electron chi connectivity index (χ1n) is 7.12.